The molecular weight excluding hydrogens is 385 g/mol. The van der Waals surface area contributed by atoms with Crippen molar-refractivity contribution in [2.24, 2.45) is 0 Å². The molecule has 0 spiro atoms. The Morgan fingerprint density at radius 2 is 1.96 bits per heavy atom. The Morgan fingerprint density at radius 1 is 1.18 bits per heavy atom. The minimum absolute atomic E-state index is 0.0623. The van der Waals surface area contributed by atoms with E-state index >= 15 is 0 Å². The van der Waals surface area contributed by atoms with Gasteiger partial charge in [-0.15, -0.1) is 10.2 Å². The van der Waals surface area contributed by atoms with Crippen LogP contribution in [0.5, 0.6) is 11.5 Å². The highest BCUT2D eigenvalue weighted by atomic mass is 32.2. The molecular formula is C18H18FN5O3S. The van der Waals surface area contributed by atoms with Gasteiger partial charge < -0.3 is 20.6 Å². The van der Waals surface area contributed by atoms with Gasteiger partial charge in [-0.1, -0.05) is 23.9 Å². The molecule has 8 nitrogen and oxygen atoms in total. The number of nitrogens with one attached hydrogen (secondary N) is 1. The molecule has 1 aromatic heterocycles. The average molecular weight is 403 g/mol. The minimum atomic E-state index is -0.399. The summed E-state index contributed by atoms with van der Waals surface area (Å²) in [5, 5.41) is 11.0. The van der Waals surface area contributed by atoms with Crippen LogP contribution in [0, 0.1) is 5.82 Å². The Hall–Kier alpha value is -3.27. The normalized spacial score (nSPS) is 10.5. The van der Waals surface area contributed by atoms with Crippen LogP contribution in [0.2, 0.25) is 0 Å². The number of nitrogens with zero attached hydrogens (tertiary/aromatic N) is 3. The highest BCUT2D eigenvalue weighted by molar-refractivity contribution is 7.99. The quantitative estimate of drug-likeness (QED) is 0.461. The van der Waals surface area contributed by atoms with Crippen molar-refractivity contribution in [3.05, 3.63) is 48.3 Å². The highest BCUT2D eigenvalue weighted by Gasteiger charge is 2.15. The number of nitrogen functional groups attached to an aromatic ring is 1. The number of benzene rings is 2. The maximum Gasteiger partial charge on any atom is 0.234 e. The van der Waals surface area contributed by atoms with Crippen molar-refractivity contribution in [2.75, 3.05) is 31.1 Å². The van der Waals surface area contributed by atoms with Crippen molar-refractivity contribution >= 4 is 23.4 Å². The molecule has 1 heterocycles. The van der Waals surface area contributed by atoms with Gasteiger partial charge >= 0.3 is 0 Å². The summed E-state index contributed by atoms with van der Waals surface area (Å²) >= 11 is 1.11. The van der Waals surface area contributed by atoms with E-state index in [1.165, 1.54) is 31.0 Å². The number of halogens is 1. The van der Waals surface area contributed by atoms with E-state index < -0.39 is 5.82 Å². The van der Waals surface area contributed by atoms with Crippen LogP contribution in [0.25, 0.3) is 11.4 Å². The van der Waals surface area contributed by atoms with Crippen molar-refractivity contribution in [1.82, 2.24) is 14.9 Å². The number of hydrogen-bond donors (Lipinski definition) is 2. The van der Waals surface area contributed by atoms with Gasteiger partial charge in [0, 0.05) is 17.3 Å². The van der Waals surface area contributed by atoms with Gasteiger partial charge in [-0.3, -0.25) is 4.79 Å². The van der Waals surface area contributed by atoms with Gasteiger partial charge in [0.25, 0.3) is 0 Å². The summed E-state index contributed by atoms with van der Waals surface area (Å²) in [4.78, 5) is 12.2. The summed E-state index contributed by atoms with van der Waals surface area (Å²) in [6, 6.07) is 10.9. The van der Waals surface area contributed by atoms with Crippen molar-refractivity contribution in [3.63, 3.8) is 0 Å². The van der Waals surface area contributed by atoms with Crippen LogP contribution in [0.3, 0.4) is 0 Å². The molecule has 0 radical (unpaired) electrons. The number of nitrogens with two attached hydrogens (primary N) is 1. The third-order valence-corrected chi connectivity index (χ3v) is 4.69. The molecule has 3 rings (SSSR count). The lowest BCUT2D eigenvalue weighted by Gasteiger charge is -2.10. The lowest BCUT2D eigenvalue weighted by molar-refractivity contribution is -0.113. The molecule has 0 unspecified atom stereocenters. The number of aromatic nitrogens is 3. The Kier molecular flexibility index (Phi) is 5.99. The standard InChI is InChI=1S/C18H18FN5O3S/c1-26-14-7-6-13(9-15(14)27-2)21-16(25)10-28-18-23-22-17(24(18)20)11-4-3-5-12(19)8-11/h3-9H,10,20H2,1-2H3,(H,21,25). The molecule has 0 aliphatic carbocycles. The summed E-state index contributed by atoms with van der Waals surface area (Å²) in [7, 11) is 3.05. The second kappa shape index (κ2) is 8.61. The number of amides is 1. The molecule has 28 heavy (non-hydrogen) atoms. The molecule has 3 N–H and O–H groups in total. The summed E-state index contributed by atoms with van der Waals surface area (Å²) in [6.45, 7) is 0. The first kappa shape index (κ1) is 19.5. The SMILES string of the molecule is COc1ccc(NC(=O)CSc2nnc(-c3cccc(F)c3)n2N)cc1OC. The van der Waals surface area contributed by atoms with Crippen LogP contribution >= 0.6 is 11.8 Å². The van der Waals surface area contributed by atoms with Crippen molar-refractivity contribution < 1.29 is 18.7 Å². The Balaban J connectivity index is 1.64. The van der Waals surface area contributed by atoms with Crippen LogP contribution in [-0.4, -0.2) is 40.8 Å². The van der Waals surface area contributed by atoms with E-state index in [1.807, 2.05) is 0 Å². The summed E-state index contributed by atoms with van der Waals surface area (Å²) in [6.07, 6.45) is 0. The zero-order chi connectivity index (χ0) is 20.1. The van der Waals surface area contributed by atoms with Gasteiger partial charge in [-0.05, 0) is 24.3 Å². The predicted octanol–water partition coefficient (Wildman–Crippen LogP) is 2.55. The van der Waals surface area contributed by atoms with Crippen molar-refractivity contribution in [2.45, 2.75) is 5.16 Å². The largest absolute Gasteiger partial charge is 0.493 e. The Bertz CT molecular complexity index is 995. The lowest BCUT2D eigenvalue weighted by atomic mass is 10.2. The second-order valence-corrected chi connectivity index (χ2v) is 6.54. The molecule has 0 saturated heterocycles. The van der Waals surface area contributed by atoms with Crippen LogP contribution in [0.1, 0.15) is 0 Å². The maximum atomic E-state index is 13.4. The van der Waals surface area contributed by atoms with Gasteiger partial charge in [0.15, 0.2) is 17.3 Å². The van der Waals surface area contributed by atoms with E-state index in [1.54, 1.807) is 30.3 Å². The van der Waals surface area contributed by atoms with Gasteiger partial charge in [0.1, 0.15) is 5.82 Å². The molecule has 146 valence electrons. The lowest BCUT2D eigenvalue weighted by Crippen LogP contribution is -2.16. The van der Waals surface area contributed by atoms with Gasteiger partial charge in [-0.2, -0.15) is 0 Å². The molecule has 0 saturated carbocycles. The molecule has 0 fully saturated rings. The zero-order valence-corrected chi connectivity index (χ0v) is 16.0. The predicted molar refractivity (Wildman–Crippen MR) is 104 cm³/mol. The molecule has 3 aromatic rings. The van der Waals surface area contributed by atoms with E-state index in [2.05, 4.69) is 15.5 Å². The first-order chi connectivity index (χ1) is 13.5. The van der Waals surface area contributed by atoms with Gasteiger partial charge in [0.2, 0.25) is 11.1 Å². The number of methoxy groups -OCH3 is 2. The van der Waals surface area contributed by atoms with E-state index in [0.29, 0.717) is 33.7 Å². The topological polar surface area (TPSA) is 104 Å². The van der Waals surface area contributed by atoms with Crippen molar-refractivity contribution in [1.29, 1.82) is 0 Å². The average Bonchev–Trinajstić information content (AvgIpc) is 3.06. The van der Waals surface area contributed by atoms with E-state index in [4.69, 9.17) is 15.3 Å². The number of rotatable bonds is 7. The highest BCUT2D eigenvalue weighted by Crippen LogP contribution is 2.30. The smallest absolute Gasteiger partial charge is 0.234 e. The fraction of sp³-hybridized carbons (Fsp3) is 0.167. The first-order valence-electron chi connectivity index (χ1n) is 8.13. The van der Waals surface area contributed by atoms with Gasteiger partial charge in [-0.25, -0.2) is 9.07 Å². The number of thioether (sulfide) groups is 1. The fourth-order valence-corrected chi connectivity index (χ4v) is 3.10. The van der Waals surface area contributed by atoms with Crippen molar-refractivity contribution in [3.8, 4) is 22.9 Å². The third kappa shape index (κ3) is 4.34. The van der Waals surface area contributed by atoms with Crippen LogP contribution in [-0.2, 0) is 4.79 Å². The summed E-state index contributed by atoms with van der Waals surface area (Å²) in [5.41, 5.74) is 1.06. The Labute approximate surface area is 164 Å². The Morgan fingerprint density at radius 3 is 2.68 bits per heavy atom. The number of carbonyl (C=O) groups excluding carboxylic acids is 1. The third-order valence-electron chi connectivity index (χ3n) is 3.75. The van der Waals surface area contributed by atoms with Crippen LogP contribution < -0.4 is 20.6 Å². The van der Waals surface area contributed by atoms with E-state index in [0.717, 1.165) is 11.8 Å². The number of ether oxygens (including phenoxy) is 2. The molecule has 1 amide bonds. The first-order valence-corrected chi connectivity index (χ1v) is 9.11. The maximum absolute atomic E-state index is 13.4. The molecule has 0 atom stereocenters. The van der Waals surface area contributed by atoms with Gasteiger partial charge in [0.05, 0.1) is 20.0 Å². The molecule has 2 aromatic carbocycles. The molecule has 10 heteroatoms. The second-order valence-electron chi connectivity index (χ2n) is 5.59. The van der Waals surface area contributed by atoms with Crippen LogP contribution in [0.15, 0.2) is 47.6 Å². The van der Waals surface area contributed by atoms with E-state index in [-0.39, 0.29) is 11.7 Å². The van der Waals surface area contributed by atoms with Crippen LogP contribution in [0.4, 0.5) is 10.1 Å². The number of hydrogen-bond acceptors (Lipinski definition) is 7. The monoisotopic (exact) mass is 403 g/mol. The minimum Gasteiger partial charge on any atom is -0.493 e. The fourth-order valence-electron chi connectivity index (χ4n) is 2.44. The summed E-state index contributed by atoms with van der Waals surface area (Å²) in [5.74, 6) is 6.77. The molecule has 0 aliphatic rings. The number of anilines is 1. The molecule has 0 aliphatic heterocycles. The van der Waals surface area contributed by atoms with E-state index in [9.17, 15) is 9.18 Å². The summed E-state index contributed by atoms with van der Waals surface area (Å²) < 4.78 is 25.0. The molecule has 0 bridgehead atoms. The zero-order valence-electron chi connectivity index (χ0n) is 15.2. The number of carbonyl (C=O) groups is 1.